The van der Waals surface area contributed by atoms with Crippen molar-refractivity contribution >= 4 is 85.2 Å². The lowest BCUT2D eigenvalue weighted by Gasteiger charge is -2.30. The summed E-state index contributed by atoms with van der Waals surface area (Å²) in [5.74, 6) is -0.758. The van der Waals surface area contributed by atoms with Crippen LogP contribution >= 0.6 is 34.8 Å². The van der Waals surface area contributed by atoms with Crippen LogP contribution in [0.1, 0.15) is 78.0 Å². The summed E-state index contributed by atoms with van der Waals surface area (Å²) in [6.45, 7) is 17.7. The molecule has 0 fully saturated rings. The Morgan fingerprint density at radius 2 is 1.61 bits per heavy atom. The third-order valence-electron chi connectivity index (χ3n) is 9.79. The first kappa shape index (κ1) is 43.1. The van der Waals surface area contributed by atoms with Gasteiger partial charge in [0.2, 0.25) is 10.0 Å². The van der Waals surface area contributed by atoms with Crippen molar-refractivity contribution in [3.05, 3.63) is 80.3 Å². The number of amides is 2. The fraction of sp³-hybridized carbons (Fsp3) is 0.436. The Morgan fingerprint density at radius 1 is 0.963 bits per heavy atom. The minimum absolute atomic E-state index is 0.0370. The van der Waals surface area contributed by atoms with Crippen LogP contribution in [-0.4, -0.2) is 64.3 Å². The van der Waals surface area contributed by atoms with Gasteiger partial charge in [-0.25, -0.2) is 18.1 Å². The predicted octanol–water partition coefficient (Wildman–Crippen LogP) is 8.33. The number of likely N-dealkylation sites (N-methyl/N-ethyl adjacent to an activating group) is 1. The number of sulfonamides is 1. The van der Waals surface area contributed by atoms with E-state index >= 15 is 0 Å². The minimum atomic E-state index is -3.33. The van der Waals surface area contributed by atoms with Crippen LogP contribution in [-0.2, 0) is 30.4 Å². The highest BCUT2D eigenvalue weighted by molar-refractivity contribution is 7.88. The lowest BCUT2D eigenvalue weighted by molar-refractivity contribution is -0.121. The molecule has 4 rings (SSSR count). The van der Waals surface area contributed by atoms with E-state index in [9.17, 15) is 18.0 Å². The van der Waals surface area contributed by atoms with Gasteiger partial charge in [-0.1, -0.05) is 88.5 Å². The maximum atomic E-state index is 14.0. The van der Waals surface area contributed by atoms with Gasteiger partial charge in [0.25, 0.3) is 5.91 Å². The summed E-state index contributed by atoms with van der Waals surface area (Å²) in [6, 6.07) is 14.4. The molecule has 1 aliphatic heterocycles. The summed E-state index contributed by atoms with van der Waals surface area (Å²) in [4.78, 5) is 34.2. The quantitative estimate of drug-likeness (QED) is 0.159. The lowest BCUT2D eigenvalue weighted by atomic mass is 9.76. The maximum Gasteiger partial charge on any atom is 0.301 e. The number of nitrogens with zero attached hydrogens (tertiary/aromatic N) is 4. The van der Waals surface area contributed by atoms with Crippen LogP contribution in [0.2, 0.25) is 15.1 Å². The average molecular weight is 820 g/mol. The van der Waals surface area contributed by atoms with Gasteiger partial charge in [0.15, 0.2) is 18.2 Å². The van der Waals surface area contributed by atoms with Crippen LogP contribution in [0.4, 0.5) is 17.1 Å². The van der Waals surface area contributed by atoms with Gasteiger partial charge in [0.05, 0.1) is 22.0 Å². The van der Waals surface area contributed by atoms with Crippen molar-refractivity contribution in [2.45, 2.75) is 79.1 Å². The zero-order chi connectivity index (χ0) is 40.2. The third kappa shape index (κ3) is 10.3. The Kier molecular flexibility index (Phi) is 13.9. The van der Waals surface area contributed by atoms with Gasteiger partial charge < -0.3 is 15.0 Å². The second-order valence-electron chi connectivity index (χ2n) is 14.5. The lowest BCUT2D eigenvalue weighted by Crippen LogP contribution is -2.39. The van der Waals surface area contributed by atoms with Gasteiger partial charge in [-0.3, -0.25) is 9.59 Å². The van der Waals surface area contributed by atoms with Gasteiger partial charge >= 0.3 is 5.91 Å². The van der Waals surface area contributed by atoms with Crippen molar-refractivity contribution in [3.8, 4) is 5.75 Å². The maximum absolute atomic E-state index is 14.0. The van der Waals surface area contributed by atoms with Crippen molar-refractivity contribution in [3.63, 3.8) is 0 Å². The number of aliphatic imine (C=N–C) groups is 1. The number of halogens is 3. The summed E-state index contributed by atoms with van der Waals surface area (Å²) >= 11 is 19.1. The smallest absolute Gasteiger partial charge is 0.301 e. The number of hydrogen-bond acceptors (Lipinski definition) is 8. The van der Waals surface area contributed by atoms with E-state index in [1.165, 1.54) is 17.7 Å². The zero-order valence-electron chi connectivity index (χ0n) is 32.2. The summed E-state index contributed by atoms with van der Waals surface area (Å²) in [7, 11) is -3.33. The average Bonchev–Trinajstić information content (AvgIpc) is 3.38. The number of nitrogens with one attached hydrogen (secondary N) is 2. The number of carbonyl (C=O) groups excluding carboxylic acids is 2. The molecule has 0 atom stereocenters. The van der Waals surface area contributed by atoms with E-state index in [1.54, 1.807) is 6.07 Å². The number of amidine groups is 1. The number of hydrazone groups is 1. The second-order valence-corrected chi connectivity index (χ2v) is 17.6. The van der Waals surface area contributed by atoms with Crippen LogP contribution in [0.3, 0.4) is 0 Å². The molecule has 2 N–H and O–H groups in total. The highest BCUT2D eigenvalue weighted by Gasteiger charge is 2.37. The molecular weight excluding hydrogens is 771 g/mol. The van der Waals surface area contributed by atoms with Crippen LogP contribution in [0.25, 0.3) is 0 Å². The van der Waals surface area contributed by atoms with Gasteiger partial charge in [-0.05, 0) is 85.0 Å². The first-order chi connectivity index (χ1) is 25.2. The second kappa shape index (κ2) is 17.4. The largest absolute Gasteiger partial charge is 0.483 e. The number of aryl methyl sites for hydroxylation is 1. The molecule has 0 spiro atoms. The Morgan fingerprint density at radius 3 is 2.19 bits per heavy atom. The molecule has 0 saturated carbocycles. The number of anilines is 2. The number of hydrogen-bond donors (Lipinski definition) is 2. The molecule has 1 aliphatic rings. The first-order valence-corrected chi connectivity index (χ1v) is 20.8. The highest BCUT2D eigenvalue weighted by atomic mass is 35.5. The molecule has 0 aliphatic carbocycles. The Labute approximate surface area is 334 Å². The van der Waals surface area contributed by atoms with Gasteiger partial charge in [-0.2, -0.15) is 5.01 Å². The minimum Gasteiger partial charge on any atom is -0.483 e. The molecule has 2 amide bonds. The number of carbonyl (C=O) groups is 2. The van der Waals surface area contributed by atoms with Crippen LogP contribution in [0.15, 0.2) is 58.6 Å². The predicted molar refractivity (Wildman–Crippen MR) is 222 cm³/mol. The molecule has 15 heteroatoms. The molecular formula is C39H49Cl3N6O5S. The van der Waals surface area contributed by atoms with E-state index < -0.39 is 21.8 Å². The SMILES string of the molecule is CCN(CCNS(C)(=O)=O)c1ccc(N=C2C(=O)N(c3c(Cl)cc(Cl)cc3Cl)N=C2NC(=O)COc2ccc(C(C)(C)CC)cc2C(C)(C)CC)c(C)c1. The van der Waals surface area contributed by atoms with E-state index in [2.05, 4.69) is 67.7 Å². The van der Waals surface area contributed by atoms with Crippen molar-refractivity contribution in [2.75, 3.05) is 42.4 Å². The van der Waals surface area contributed by atoms with Gasteiger partial charge in [0, 0.05) is 35.9 Å². The third-order valence-corrected chi connectivity index (χ3v) is 11.3. The molecule has 54 heavy (non-hydrogen) atoms. The molecule has 1 heterocycles. The fourth-order valence-corrected chi connectivity index (χ4v) is 7.14. The number of benzene rings is 3. The standard InChI is InChI=1S/C39H49Cl3N6O5S/c1-10-38(5,6)25-13-16-32(28(20-25)39(7,8)11-2)53-23-33(49)45-36-34(37(50)48(46-36)35-29(41)21-26(40)22-30(35)42)44-31-15-14-27(19-24(31)4)47(12-3)18-17-43-54(9,51)52/h13-16,19-22,43H,10-12,17-18,23H2,1-9H3,(H,45,46,49). The molecule has 0 saturated heterocycles. The van der Waals surface area contributed by atoms with Crippen molar-refractivity contribution in [1.29, 1.82) is 0 Å². The normalized spacial score (nSPS) is 14.4. The Bertz CT molecular complexity index is 2060. The molecule has 292 valence electrons. The molecule has 3 aromatic carbocycles. The molecule has 0 aromatic heterocycles. The van der Waals surface area contributed by atoms with Crippen molar-refractivity contribution < 1.29 is 22.7 Å². The topological polar surface area (TPSA) is 133 Å². The van der Waals surface area contributed by atoms with E-state index in [4.69, 9.17) is 39.5 Å². The number of ether oxygens (including phenoxy) is 1. The summed E-state index contributed by atoms with van der Waals surface area (Å²) in [5, 5.41) is 8.56. The fourth-order valence-electron chi connectivity index (χ4n) is 5.70. The van der Waals surface area contributed by atoms with E-state index in [-0.39, 0.29) is 56.3 Å². The van der Waals surface area contributed by atoms with Crippen molar-refractivity contribution in [1.82, 2.24) is 10.0 Å². The van der Waals surface area contributed by atoms with Gasteiger partial charge in [-0.15, -0.1) is 5.10 Å². The molecule has 11 nitrogen and oxygen atoms in total. The van der Waals surface area contributed by atoms with Crippen LogP contribution < -0.4 is 24.7 Å². The first-order valence-electron chi connectivity index (χ1n) is 17.8. The number of rotatable bonds is 15. The summed E-state index contributed by atoms with van der Waals surface area (Å²) < 4.78 is 31.8. The van der Waals surface area contributed by atoms with E-state index in [0.29, 0.717) is 24.5 Å². The molecule has 0 bridgehead atoms. The molecule has 3 aromatic rings. The molecule has 0 radical (unpaired) electrons. The Hall–Kier alpha value is -3.68. The summed E-state index contributed by atoms with van der Waals surface area (Å²) in [6.07, 6.45) is 2.93. The highest BCUT2D eigenvalue weighted by Crippen LogP contribution is 2.40. The molecule has 0 unspecified atom stereocenters. The van der Waals surface area contributed by atoms with E-state index in [0.717, 1.165) is 40.9 Å². The van der Waals surface area contributed by atoms with Crippen LogP contribution in [0.5, 0.6) is 5.75 Å². The monoisotopic (exact) mass is 818 g/mol. The van der Waals surface area contributed by atoms with Crippen molar-refractivity contribution in [2.24, 2.45) is 10.1 Å². The van der Waals surface area contributed by atoms with Gasteiger partial charge in [0.1, 0.15) is 11.4 Å². The van der Waals surface area contributed by atoms with E-state index in [1.807, 2.05) is 43.0 Å². The van der Waals surface area contributed by atoms with Crippen LogP contribution in [0, 0.1) is 6.92 Å². The Balaban J connectivity index is 1.67. The summed E-state index contributed by atoms with van der Waals surface area (Å²) in [5.41, 5.74) is 3.86. The zero-order valence-corrected chi connectivity index (χ0v) is 35.3.